The van der Waals surface area contributed by atoms with Crippen molar-refractivity contribution >= 4 is 17.7 Å². The number of esters is 2. The van der Waals surface area contributed by atoms with Gasteiger partial charge in [0.15, 0.2) is 6.29 Å². The Bertz CT molecular complexity index is 1330. The quantitative estimate of drug-likeness (QED) is 0.136. The van der Waals surface area contributed by atoms with E-state index in [9.17, 15) is 34.8 Å². The number of aliphatic hydroxyl groups is 4. The van der Waals surface area contributed by atoms with Crippen molar-refractivity contribution < 1.29 is 53.8 Å². The van der Waals surface area contributed by atoms with Crippen LogP contribution in [0.15, 0.2) is 34.9 Å². The molecule has 1 aliphatic heterocycles. The van der Waals surface area contributed by atoms with Crippen molar-refractivity contribution in [3.8, 4) is 0 Å². The van der Waals surface area contributed by atoms with Crippen molar-refractivity contribution in [3.63, 3.8) is 0 Å². The minimum Gasteiger partial charge on any atom is -0.459 e. The first-order valence-corrected chi connectivity index (χ1v) is 18.5. The topological polar surface area (TPSA) is 169 Å². The molecule has 0 aromatic heterocycles. The molecule has 10 unspecified atom stereocenters. The van der Waals surface area contributed by atoms with E-state index < -0.39 is 66.0 Å². The van der Waals surface area contributed by atoms with Crippen LogP contribution >= 0.6 is 0 Å². The van der Waals surface area contributed by atoms with E-state index in [1.165, 1.54) is 19.4 Å². The second-order valence-corrected chi connectivity index (χ2v) is 16.5. The van der Waals surface area contributed by atoms with Crippen molar-refractivity contribution in [1.82, 2.24) is 0 Å². The third-order valence-corrected chi connectivity index (χ3v) is 11.8. The lowest BCUT2D eigenvalue weighted by atomic mass is 9.58. The van der Waals surface area contributed by atoms with E-state index in [0.29, 0.717) is 38.5 Å². The first kappa shape index (κ1) is 43.0. The molecule has 290 valence electrons. The zero-order chi connectivity index (χ0) is 38.5. The summed E-state index contributed by atoms with van der Waals surface area (Å²) in [5.41, 5.74) is 1.64. The third-order valence-electron chi connectivity index (χ3n) is 11.8. The molecule has 11 heteroatoms. The molecule has 2 aliphatic carbocycles. The van der Waals surface area contributed by atoms with Crippen LogP contribution in [0.4, 0.5) is 0 Å². The number of Topliss-reactive ketones (excluding diaryl/α,β-unsaturated/α-hetero) is 1. The standard InChI is InChI=1S/C40H64O11/c1-23(11-15-28(48-26(4)42)21-24(2)12-16-29-25(3)14-18-32(44)38(29,6)7)13-17-31-39(8,9)33(19-20-40(31,10)51-27(5)43)50-37-36(47)35(46)34(45)30(22-41)49-37/h11,14,21,28-31,33-37,41,45-47H,12-13,15-20,22H2,1-10H3. The minimum atomic E-state index is -1.55. The van der Waals surface area contributed by atoms with Crippen molar-refractivity contribution in [2.45, 2.75) is 169 Å². The van der Waals surface area contributed by atoms with E-state index in [4.69, 9.17) is 18.9 Å². The number of hydrogen-bond acceptors (Lipinski definition) is 11. The molecule has 3 aliphatic rings. The number of carbonyl (C=O) groups excluding carboxylic acids is 3. The summed E-state index contributed by atoms with van der Waals surface area (Å²) < 4.78 is 23.6. The summed E-state index contributed by atoms with van der Waals surface area (Å²) in [7, 11) is 0. The van der Waals surface area contributed by atoms with Gasteiger partial charge in [-0.25, -0.2) is 0 Å². The van der Waals surface area contributed by atoms with Crippen LogP contribution in [0.5, 0.6) is 0 Å². The van der Waals surface area contributed by atoms with Gasteiger partial charge < -0.3 is 39.4 Å². The number of hydrogen-bond donors (Lipinski definition) is 4. The zero-order valence-corrected chi connectivity index (χ0v) is 32.4. The number of carbonyl (C=O) groups is 3. The summed E-state index contributed by atoms with van der Waals surface area (Å²) in [4.78, 5) is 36.9. The van der Waals surface area contributed by atoms with Gasteiger partial charge in [0.25, 0.3) is 0 Å². The van der Waals surface area contributed by atoms with Gasteiger partial charge in [-0.15, -0.1) is 0 Å². The molecule has 11 nitrogen and oxygen atoms in total. The Morgan fingerprint density at radius 1 is 0.961 bits per heavy atom. The fourth-order valence-electron chi connectivity index (χ4n) is 8.63. The Kier molecular flexibility index (Phi) is 14.8. The van der Waals surface area contributed by atoms with Gasteiger partial charge in [0.1, 0.15) is 41.9 Å². The molecule has 10 atom stereocenters. The van der Waals surface area contributed by atoms with Crippen LogP contribution in [-0.2, 0) is 33.3 Å². The smallest absolute Gasteiger partial charge is 0.303 e. The predicted molar refractivity (Wildman–Crippen MR) is 192 cm³/mol. The lowest BCUT2D eigenvalue weighted by molar-refractivity contribution is -0.327. The normalized spacial score (nSPS) is 34.8. The highest BCUT2D eigenvalue weighted by molar-refractivity contribution is 5.87. The van der Waals surface area contributed by atoms with Gasteiger partial charge in [-0.1, -0.05) is 56.6 Å². The third kappa shape index (κ3) is 10.6. The monoisotopic (exact) mass is 720 g/mol. The second-order valence-electron chi connectivity index (χ2n) is 16.5. The van der Waals surface area contributed by atoms with E-state index >= 15 is 0 Å². The average Bonchev–Trinajstić information content (AvgIpc) is 3.02. The maximum absolute atomic E-state index is 12.6. The SMILES string of the molecule is CC(=O)OC(C=C(C)CCC1C(C)=CCC(=O)C1(C)C)CC=C(C)CCC1C(C)(OC(C)=O)CCC(OC2OC(CO)C(O)C(O)C2O)C1(C)C. The Balaban J connectivity index is 1.73. The average molecular weight is 721 g/mol. The summed E-state index contributed by atoms with van der Waals surface area (Å²) in [5, 5.41) is 40.9. The number of ether oxygens (including phenoxy) is 4. The van der Waals surface area contributed by atoms with E-state index in [2.05, 4.69) is 13.0 Å². The van der Waals surface area contributed by atoms with Gasteiger partial charge in [0.05, 0.1) is 12.7 Å². The molecule has 0 radical (unpaired) electrons. The highest BCUT2D eigenvalue weighted by Gasteiger charge is 2.55. The summed E-state index contributed by atoms with van der Waals surface area (Å²) >= 11 is 0. The first-order chi connectivity index (χ1) is 23.6. The maximum atomic E-state index is 12.6. The fourth-order valence-corrected chi connectivity index (χ4v) is 8.63. The van der Waals surface area contributed by atoms with Crippen LogP contribution < -0.4 is 0 Å². The molecular formula is C40H64O11. The maximum Gasteiger partial charge on any atom is 0.303 e. The van der Waals surface area contributed by atoms with Gasteiger partial charge in [-0.2, -0.15) is 0 Å². The van der Waals surface area contributed by atoms with Crippen LogP contribution in [0.1, 0.15) is 121 Å². The Hall–Kier alpha value is -2.41. The number of aliphatic hydroxyl groups excluding tert-OH is 4. The molecule has 1 heterocycles. The van der Waals surface area contributed by atoms with Crippen LogP contribution in [0.25, 0.3) is 0 Å². The zero-order valence-electron chi connectivity index (χ0n) is 32.4. The van der Waals surface area contributed by atoms with Crippen molar-refractivity contribution in [1.29, 1.82) is 0 Å². The number of allylic oxidation sites excluding steroid dienone is 4. The molecule has 0 aromatic rings. The van der Waals surface area contributed by atoms with E-state index in [-0.39, 0.29) is 29.6 Å². The first-order valence-electron chi connectivity index (χ1n) is 18.5. The largest absolute Gasteiger partial charge is 0.459 e. The van der Waals surface area contributed by atoms with E-state index in [0.717, 1.165) is 24.0 Å². The Morgan fingerprint density at radius 3 is 2.22 bits per heavy atom. The molecule has 3 rings (SSSR count). The van der Waals surface area contributed by atoms with Gasteiger partial charge in [0.2, 0.25) is 0 Å². The van der Waals surface area contributed by atoms with Gasteiger partial charge in [0, 0.05) is 38.0 Å². The molecule has 0 amide bonds. The van der Waals surface area contributed by atoms with Gasteiger partial charge >= 0.3 is 11.9 Å². The molecule has 2 fully saturated rings. The molecular weight excluding hydrogens is 656 g/mol. The lowest BCUT2D eigenvalue weighted by Crippen LogP contribution is -2.62. The Morgan fingerprint density at radius 2 is 1.61 bits per heavy atom. The van der Waals surface area contributed by atoms with Crippen molar-refractivity contribution in [3.05, 3.63) is 34.9 Å². The molecule has 1 saturated heterocycles. The molecule has 4 N–H and O–H groups in total. The van der Waals surface area contributed by atoms with Crippen LogP contribution in [-0.4, -0.2) is 93.3 Å². The molecule has 0 bridgehead atoms. The minimum absolute atomic E-state index is 0.167. The lowest BCUT2D eigenvalue weighted by Gasteiger charge is -2.54. The summed E-state index contributed by atoms with van der Waals surface area (Å²) in [6.45, 7) is 18.5. The second kappa shape index (κ2) is 17.6. The predicted octanol–water partition coefficient (Wildman–Crippen LogP) is 5.27. The van der Waals surface area contributed by atoms with Crippen molar-refractivity contribution in [2.75, 3.05) is 6.61 Å². The Labute approximate surface area is 304 Å². The molecule has 0 aromatic carbocycles. The highest BCUT2D eigenvalue weighted by atomic mass is 16.7. The van der Waals surface area contributed by atoms with Crippen LogP contribution in [0.3, 0.4) is 0 Å². The molecule has 1 saturated carbocycles. The highest BCUT2D eigenvalue weighted by Crippen LogP contribution is 2.52. The summed E-state index contributed by atoms with van der Waals surface area (Å²) in [5.74, 6) is -0.490. The van der Waals surface area contributed by atoms with Gasteiger partial charge in [-0.05, 0) is 83.6 Å². The summed E-state index contributed by atoms with van der Waals surface area (Å²) in [6, 6.07) is 0. The molecule has 51 heavy (non-hydrogen) atoms. The number of rotatable bonds is 14. The van der Waals surface area contributed by atoms with E-state index in [1.807, 2.05) is 60.6 Å². The fraction of sp³-hybridized carbons (Fsp3) is 0.775. The van der Waals surface area contributed by atoms with E-state index in [1.54, 1.807) is 0 Å². The van der Waals surface area contributed by atoms with Crippen LogP contribution in [0, 0.1) is 22.7 Å². The number of ketones is 1. The van der Waals surface area contributed by atoms with Crippen molar-refractivity contribution in [2.24, 2.45) is 22.7 Å². The molecule has 0 spiro atoms. The van der Waals surface area contributed by atoms with Crippen LogP contribution in [0.2, 0.25) is 0 Å². The summed E-state index contributed by atoms with van der Waals surface area (Å²) in [6.07, 6.45) is 3.21. The van der Waals surface area contributed by atoms with Gasteiger partial charge in [-0.3, -0.25) is 14.4 Å².